The van der Waals surface area contributed by atoms with Crippen LogP contribution >= 0.6 is 0 Å². The maximum atomic E-state index is 11.5. The number of hydrogen-bond donors (Lipinski definition) is 2. The molecule has 0 amide bonds. The standard InChI is InChI=1S/C4H10F2N2/c1-2(7)3(8)4(5)6/h2-4H,7-8H2,1H3/t2-,3-/m0/s1. The minimum absolute atomic E-state index is 0.630. The predicted octanol–water partition coefficient (Wildman–Crippen LogP) is -0.0740. The summed E-state index contributed by atoms with van der Waals surface area (Å²) in [7, 11) is 0. The lowest BCUT2D eigenvalue weighted by atomic mass is 10.2. The summed E-state index contributed by atoms with van der Waals surface area (Å²) in [5.41, 5.74) is 9.92. The Morgan fingerprint density at radius 3 is 1.62 bits per heavy atom. The molecule has 0 aliphatic rings. The lowest BCUT2D eigenvalue weighted by molar-refractivity contribution is 0.107. The van der Waals surface area contributed by atoms with E-state index < -0.39 is 18.5 Å². The van der Waals surface area contributed by atoms with Crippen molar-refractivity contribution in [2.24, 2.45) is 11.5 Å². The normalized spacial score (nSPS) is 18.8. The van der Waals surface area contributed by atoms with Gasteiger partial charge < -0.3 is 11.5 Å². The zero-order valence-electron chi connectivity index (χ0n) is 4.64. The van der Waals surface area contributed by atoms with Gasteiger partial charge in [0.2, 0.25) is 0 Å². The van der Waals surface area contributed by atoms with Crippen LogP contribution in [0.15, 0.2) is 0 Å². The van der Waals surface area contributed by atoms with E-state index >= 15 is 0 Å². The van der Waals surface area contributed by atoms with Crippen LogP contribution in [0.5, 0.6) is 0 Å². The second-order valence-electron chi connectivity index (χ2n) is 1.77. The third-order valence-corrected chi connectivity index (χ3v) is 0.898. The Bertz CT molecular complexity index is 57.1. The van der Waals surface area contributed by atoms with Gasteiger partial charge in [-0.3, -0.25) is 0 Å². The van der Waals surface area contributed by atoms with Gasteiger partial charge in [0.15, 0.2) is 0 Å². The van der Waals surface area contributed by atoms with Gasteiger partial charge in [-0.15, -0.1) is 0 Å². The number of rotatable bonds is 2. The summed E-state index contributed by atoms with van der Waals surface area (Å²) in [5.74, 6) is 0. The van der Waals surface area contributed by atoms with Crippen LogP contribution in [0.25, 0.3) is 0 Å². The molecule has 0 saturated carbocycles. The summed E-state index contributed by atoms with van der Waals surface area (Å²) in [6.07, 6.45) is -2.50. The molecule has 0 aromatic heterocycles. The zero-order valence-corrected chi connectivity index (χ0v) is 4.64. The monoisotopic (exact) mass is 124 g/mol. The number of nitrogens with two attached hydrogens (primary N) is 2. The third kappa shape index (κ3) is 2.18. The van der Waals surface area contributed by atoms with Crippen molar-refractivity contribution >= 4 is 0 Å². The molecule has 2 nitrogen and oxygen atoms in total. The molecule has 0 spiro atoms. The smallest absolute Gasteiger partial charge is 0.254 e. The molecule has 4 heteroatoms. The zero-order chi connectivity index (χ0) is 6.73. The molecule has 0 unspecified atom stereocenters. The number of alkyl halides is 2. The first kappa shape index (κ1) is 7.78. The molecule has 8 heavy (non-hydrogen) atoms. The van der Waals surface area contributed by atoms with Crippen LogP contribution in [0.2, 0.25) is 0 Å². The van der Waals surface area contributed by atoms with E-state index in [-0.39, 0.29) is 0 Å². The summed E-state index contributed by atoms with van der Waals surface area (Å²) in [6, 6.07) is -1.81. The Hall–Kier alpha value is -0.220. The van der Waals surface area contributed by atoms with Crippen molar-refractivity contribution in [2.45, 2.75) is 25.4 Å². The molecule has 0 rings (SSSR count). The molecule has 4 N–H and O–H groups in total. The molecule has 0 aliphatic heterocycles. The first-order valence-corrected chi connectivity index (χ1v) is 2.35. The van der Waals surface area contributed by atoms with Crippen LogP contribution in [0.4, 0.5) is 8.78 Å². The van der Waals surface area contributed by atoms with Gasteiger partial charge in [0, 0.05) is 6.04 Å². The van der Waals surface area contributed by atoms with Crippen molar-refractivity contribution < 1.29 is 8.78 Å². The Labute approximate surface area is 46.8 Å². The molecular weight excluding hydrogens is 114 g/mol. The van der Waals surface area contributed by atoms with Gasteiger partial charge in [0.05, 0.1) is 6.04 Å². The second-order valence-corrected chi connectivity index (χ2v) is 1.77. The van der Waals surface area contributed by atoms with Gasteiger partial charge in [0.25, 0.3) is 6.43 Å². The van der Waals surface area contributed by atoms with Crippen LogP contribution in [-0.4, -0.2) is 18.5 Å². The summed E-state index contributed by atoms with van der Waals surface area (Å²) in [5, 5.41) is 0. The van der Waals surface area contributed by atoms with Gasteiger partial charge in [-0.25, -0.2) is 8.78 Å². The van der Waals surface area contributed by atoms with Gasteiger partial charge in [-0.2, -0.15) is 0 Å². The largest absolute Gasteiger partial charge is 0.326 e. The average molecular weight is 124 g/mol. The lowest BCUT2D eigenvalue weighted by Crippen LogP contribution is -2.44. The molecule has 0 aliphatic carbocycles. The van der Waals surface area contributed by atoms with Crippen LogP contribution in [0.1, 0.15) is 6.92 Å². The van der Waals surface area contributed by atoms with Crippen molar-refractivity contribution in [3.05, 3.63) is 0 Å². The molecule has 0 bridgehead atoms. The van der Waals surface area contributed by atoms with Crippen molar-refractivity contribution in [3.8, 4) is 0 Å². The highest BCUT2D eigenvalue weighted by molar-refractivity contribution is 4.72. The fraction of sp³-hybridized carbons (Fsp3) is 1.00. The highest BCUT2D eigenvalue weighted by Crippen LogP contribution is 1.99. The summed E-state index contributed by atoms with van der Waals surface area (Å²) in [6.45, 7) is 1.46. The molecule has 0 aromatic carbocycles. The van der Waals surface area contributed by atoms with E-state index in [9.17, 15) is 8.78 Å². The van der Waals surface area contributed by atoms with Gasteiger partial charge in [-0.1, -0.05) is 0 Å². The van der Waals surface area contributed by atoms with Gasteiger partial charge in [-0.05, 0) is 6.92 Å². The fourth-order valence-electron chi connectivity index (χ4n) is 0.229. The molecule has 0 radical (unpaired) electrons. The van der Waals surface area contributed by atoms with Crippen molar-refractivity contribution in [2.75, 3.05) is 0 Å². The quantitative estimate of drug-likeness (QED) is 0.541. The molecule has 0 heterocycles. The Morgan fingerprint density at radius 1 is 1.25 bits per heavy atom. The second kappa shape index (κ2) is 2.94. The van der Waals surface area contributed by atoms with E-state index in [0.29, 0.717) is 0 Å². The van der Waals surface area contributed by atoms with E-state index in [1.165, 1.54) is 6.92 Å². The molecule has 2 atom stereocenters. The minimum Gasteiger partial charge on any atom is -0.326 e. The highest BCUT2D eigenvalue weighted by Gasteiger charge is 2.18. The molecule has 50 valence electrons. The van der Waals surface area contributed by atoms with E-state index in [2.05, 4.69) is 0 Å². The average Bonchev–Trinajstić information content (AvgIpc) is 1.64. The minimum atomic E-state index is -2.50. The Morgan fingerprint density at radius 2 is 1.62 bits per heavy atom. The summed E-state index contributed by atoms with van der Waals surface area (Å²) >= 11 is 0. The predicted molar refractivity (Wildman–Crippen MR) is 27.6 cm³/mol. The molecule has 0 aromatic rings. The van der Waals surface area contributed by atoms with Crippen molar-refractivity contribution in [1.82, 2.24) is 0 Å². The van der Waals surface area contributed by atoms with Gasteiger partial charge in [0.1, 0.15) is 0 Å². The van der Waals surface area contributed by atoms with Crippen molar-refractivity contribution in [3.63, 3.8) is 0 Å². The van der Waals surface area contributed by atoms with E-state index in [4.69, 9.17) is 11.5 Å². The van der Waals surface area contributed by atoms with Crippen LogP contribution < -0.4 is 11.5 Å². The van der Waals surface area contributed by atoms with E-state index in [1.807, 2.05) is 0 Å². The van der Waals surface area contributed by atoms with Crippen LogP contribution in [-0.2, 0) is 0 Å². The first-order valence-electron chi connectivity index (χ1n) is 2.35. The van der Waals surface area contributed by atoms with Crippen molar-refractivity contribution in [1.29, 1.82) is 0 Å². The van der Waals surface area contributed by atoms with E-state index in [0.717, 1.165) is 0 Å². The van der Waals surface area contributed by atoms with Gasteiger partial charge >= 0.3 is 0 Å². The molecule has 0 saturated heterocycles. The Balaban J connectivity index is 3.46. The summed E-state index contributed by atoms with van der Waals surface area (Å²) in [4.78, 5) is 0. The number of halogens is 2. The maximum absolute atomic E-state index is 11.5. The third-order valence-electron chi connectivity index (χ3n) is 0.898. The fourth-order valence-corrected chi connectivity index (χ4v) is 0.229. The first-order chi connectivity index (χ1) is 3.55. The highest BCUT2D eigenvalue weighted by atomic mass is 19.3. The van der Waals surface area contributed by atoms with Crippen LogP contribution in [0, 0.1) is 0 Å². The van der Waals surface area contributed by atoms with E-state index in [1.54, 1.807) is 0 Å². The lowest BCUT2D eigenvalue weighted by Gasteiger charge is -2.12. The Kier molecular flexibility index (Phi) is 2.86. The molecule has 0 fully saturated rings. The SMILES string of the molecule is C[C@H](N)[C@H](N)C(F)F. The van der Waals surface area contributed by atoms with Crippen LogP contribution in [0.3, 0.4) is 0 Å². The summed E-state index contributed by atoms with van der Waals surface area (Å²) < 4.78 is 22.9. The number of hydrogen-bond acceptors (Lipinski definition) is 2. The maximum Gasteiger partial charge on any atom is 0.254 e. The topological polar surface area (TPSA) is 52.0 Å². The molecular formula is C4H10F2N2.